The summed E-state index contributed by atoms with van der Waals surface area (Å²) < 4.78 is 12.9. The molecule has 0 bridgehead atoms. The minimum atomic E-state index is 0.370. The van der Waals surface area contributed by atoms with Crippen molar-refractivity contribution in [2.75, 3.05) is 19.8 Å². The van der Waals surface area contributed by atoms with Gasteiger partial charge in [0.25, 0.3) is 0 Å². The minimum Gasteiger partial charge on any atom is -0.488 e. The van der Waals surface area contributed by atoms with Crippen LogP contribution in [0.5, 0.6) is 5.75 Å². The first-order valence-electron chi connectivity index (χ1n) is 6.34. The first-order valence-corrected chi connectivity index (χ1v) is 6.34. The quantitative estimate of drug-likeness (QED) is 0.655. The van der Waals surface area contributed by atoms with Crippen molar-refractivity contribution < 1.29 is 9.47 Å². The molecule has 17 heavy (non-hydrogen) atoms. The Morgan fingerprint density at radius 2 is 1.94 bits per heavy atom. The molecule has 0 N–H and O–H groups in total. The Bertz CT molecular complexity index is 308. The van der Waals surface area contributed by atoms with Gasteiger partial charge < -0.3 is 9.47 Å². The Hall–Kier alpha value is -1.03. The highest BCUT2D eigenvalue weighted by Gasteiger charge is 2.02. The predicted octanol–water partition coefficient (Wildman–Crippen LogP) is 2.91. The molecule has 98 valence electrons. The van der Waals surface area contributed by atoms with Crippen molar-refractivity contribution in [3.63, 3.8) is 0 Å². The second kappa shape index (κ2) is 7.33. The largest absolute Gasteiger partial charge is 0.488 e. The maximum Gasteiger partial charge on any atom is 0.157 e. The molecule has 4 heteroatoms. The summed E-state index contributed by atoms with van der Waals surface area (Å²) >= 11 is 0. The van der Waals surface area contributed by atoms with Gasteiger partial charge in [-0.05, 0) is 26.2 Å². The van der Waals surface area contributed by atoms with Crippen LogP contribution in [0.4, 0.5) is 0 Å². The topological polar surface area (TPSA) is 36.3 Å². The van der Waals surface area contributed by atoms with Crippen molar-refractivity contribution in [1.29, 1.82) is 0 Å². The molecule has 0 aromatic carbocycles. The molecule has 0 aliphatic heterocycles. The summed E-state index contributed by atoms with van der Waals surface area (Å²) in [6.07, 6.45) is 4.76. The average molecular weight is 240 g/mol. The van der Waals surface area contributed by atoms with Crippen LogP contribution < -0.4 is 4.74 Å². The third kappa shape index (κ3) is 5.73. The van der Waals surface area contributed by atoms with Gasteiger partial charge in [0.2, 0.25) is 0 Å². The van der Waals surface area contributed by atoms with E-state index in [0.717, 1.165) is 18.8 Å². The van der Waals surface area contributed by atoms with Crippen LogP contribution in [-0.4, -0.2) is 29.6 Å². The lowest BCUT2D eigenvalue weighted by Gasteiger charge is -2.07. The third-order valence-electron chi connectivity index (χ3n) is 2.44. The average Bonchev–Trinajstić information content (AvgIpc) is 2.71. The maximum atomic E-state index is 5.54. The fraction of sp³-hybridized carbons (Fsp3) is 0.769. The fourth-order valence-electron chi connectivity index (χ4n) is 1.32. The van der Waals surface area contributed by atoms with E-state index in [9.17, 15) is 0 Å². The minimum absolute atomic E-state index is 0.370. The van der Waals surface area contributed by atoms with Crippen LogP contribution >= 0.6 is 0 Å². The van der Waals surface area contributed by atoms with Crippen molar-refractivity contribution in [2.24, 2.45) is 5.92 Å². The molecule has 0 aliphatic rings. The van der Waals surface area contributed by atoms with Crippen molar-refractivity contribution in [3.8, 4) is 5.75 Å². The third-order valence-corrected chi connectivity index (χ3v) is 2.44. The molecule has 0 saturated heterocycles. The van der Waals surface area contributed by atoms with Crippen molar-refractivity contribution >= 4 is 0 Å². The van der Waals surface area contributed by atoms with Crippen molar-refractivity contribution in [2.45, 2.75) is 40.2 Å². The van der Waals surface area contributed by atoms with Crippen LogP contribution in [0.2, 0.25) is 0 Å². The molecular formula is C13H24N2O2. The molecule has 1 heterocycles. The molecule has 0 spiro atoms. The smallest absolute Gasteiger partial charge is 0.157 e. The molecule has 4 nitrogen and oxygen atoms in total. The highest BCUT2D eigenvalue weighted by molar-refractivity contribution is 5.11. The van der Waals surface area contributed by atoms with E-state index in [1.165, 1.54) is 0 Å². The predicted molar refractivity (Wildman–Crippen MR) is 68.4 cm³/mol. The monoisotopic (exact) mass is 240 g/mol. The molecule has 0 radical (unpaired) electrons. The SMILES string of the molecule is CC(C)CCOCCOc1cnn(C(C)C)c1. The van der Waals surface area contributed by atoms with E-state index in [4.69, 9.17) is 9.47 Å². The Morgan fingerprint density at radius 1 is 1.18 bits per heavy atom. The summed E-state index contributed by atoms with van der Waals surface area (Å²) in [5.41, 5.74) is 0. The summed E-state index contributed by atoms with van der Waals surface area (Å²) in [5.74, 6) is 1.51. The number of nitrogens with zero attached hydrogens (tertiary/aromatic N) is 2. The second-order valence-corrected chi connectivity index (χ2v) is 4.89. The molecular weight excluding hydrogens is 216 g/mol. The highest BCUT2D eigenvalue weighted by Crippen LogP contribution is 2.12. The van der Waals surface area contributed by atoms with E-state index in [1.807, 2.05) is 10.9 Å². The van der Waals surface area contributed by atoms with E-state index in [0.29, 0.717) is 25.2 Å². The summed E-state index contributed by atoms with van der Waals surface area (Å²) in [6.45, 7) is 10.6. The van der Waals surface area contributed by atoms with Gasteiger partial charge in [-0.1, -0.05) is 13.8 Å². The van der Waals surface area contributed by atoms with Crippen LogP contribution in [-0.2, 0) is 4.74 Å². The highest BCUT2D eigenvalue weighted by atomic mass is 16.5. The molecule has 1 aromatic rings. The molecule has 0 atom stereocenters. The Morgan fingerprint density at radius 3 is 2.53 bits per heavy atom. The maximum absolute atomic E-state index is 5.54. The number of hydrogen-bond donors (Lipinski definition) is 0. The lowest BCUT2D eigenvalue weighted by Crippen LogP contribution is -2.08. The molecule has 0 aliphatic carbocycles. The van der Waals surface area contributed by atoms with Gasteiger partial charge in [-0.3, -0.25) is 4.68 Å². The van der Waals surface area contributed by atoms with Crippen LogP contribution in [0.15, 0.2) is 12.4 Å². The van der Waals surface area contributed by atoms with Crippen molar-refractivity contribution in [3.05, 3.63) is 12.4 Å². The van der Waals surface area contributed by atoms with Gasteiger partial charge in [0.15, 0.2) is 5.75 Å². The Labute approximate surface area is 104 Å². The standard InChI is InChI=1S/C13H24N2O2/c1-11(2)5-6-16-7-8-17-13-9-14-15(10-13)12(3)4/h9-12H,5-8H2,1-4H3. The number of aromatic nitrogens is 2. The Balaban J connectivity index is 2.09. The van der Waals surface area contributed by atoms with E-state index < -0.39 is 0 Å². The van der Waals surface area contributed by atoms with E-state index >= 15 is 0 Å². The zero-order chi connectivity index (χ0) is 12.7. The van der Waals surface area contributed by atoms with Gasteiger partial charge in [-0.15, -0.1) is 0 Å². The van der Waals surface area contributed by atoms with Crippen LogP contribution in [0.25, 0.3) is 0 Å². The molecule has 0 fully saturated rings. The second-order valence-electron chi connectivity index (χ2n) is 4.89. The zero-order valence-corrected chi connectivity index (χ0v) is 11.3. The van der Waals surface area contributed by atoms with Gasteiger partial charge in [0.05, 0.1) is 19.0 Å². The zero-order valence-electron chi connectivity index (χ0n) is 11.3. The summed E-state index contributed by atoms with van der Waals surface area (Å²) in [7, 11) is 0. The summed E-state index contributed by atoms with van der Waals surface area (Å²) in [4.78, 5) is 0. The first-order chi connectivity index (χ1) is 8.09. The molecule has 0 amide bonds. The van der Waals surface area contributed by atoms with Crippen LogP contribution in [0, 0.1) is 5.92 Å². The lowest BCUT2D eigenvalue weighted by molar-refractivity contribution is 0.0925. The fourth-order valence-corrected chi connectivity index (χ4v) is 1.32. The van der Waals surface area contributed by atoms with E-state index in [1.54, 1.807) is 6.20 Å². The van der Waals surface area contributed by atoms with E-state index in [-0.39, 0.29) is 0 Å². The van der Waals surface area contributed by atoms with Gasteiger partial charge in [0, 0.05) is 12.6 Å². The molecule has 0 unspecified atom stereocenters. The van der Waals surface area contributed by atoms with Gasteiger partial charge in [-0.2, -0.15) is 5.10 Å². The molecule has 0 saturated carbocycles. The number of rotatable bonds is 8. The van der Waals surface area contributed by atoms with Crippen LogP contribution in [0.1, 0.15) is 40.2 Å². The first kappa shape index (κ1) is 14.0. The van der Waals surface area contributed by atoms with Crippen molar-refractivity contribution in [1.82, 2.24) is 9.78 Å². The number of hydrogen-bond acceptors (Lipinski definition) is 3. The Kier molecular flexibility index (Phi) is 6.05. The van der Waals surface area contributed by atoms with E-state index in [2.05, 4.69) is 32.8 Å². The van der Waals surface area contributed by atoms with Gasteiger partial charge in [0.1, 0.15) is 6.61 Å². The number of ether oxygens (including phenoxy) is 2. The summed E-state index contributed by atoms with van der Waals surface area (Å²) in [6, 6.07) is 0.370. The van der Waals surface area contributed by atoms with Crippen LogP contribution in [0.3, 0.4) is 0 Å². The summed E-state index contributed by atoms with van der Waals surface area (Å²) in [5, 5.41) is 4.20. The lowest BCUT2D eigenvalue weighted by atomic mass is 10.1. The molecule has 1 aromatic heterocycles. The van der Waals surface area contributed by atoms with Gasteiger partial charge in [-0.25, -0.2) is 0 Å². The van der Waals surface area contributed by atoms with Gasteiger partial charge >= 0.3 is 0 Å². The molecule has 1 rings (SSSR count). The normalized spacial score (nSPS) is 11.4.